The number of nitrogens with one attached hydrogen (secondary N) is 2. The van der Waals surface area contributed by atoms with Gasteiger partial charge in [-0.25, -0.2) is 13.2 Å². The third-order valence-electron chi connectivity index (χ3n) is 4.20. The Hall–Kier alpha value is -1.97. The summed E-state index contributed by atoms with van der Waals surface area (Å²) >= 11 is 0. The monoisotopic (exact) mass is 385 g/mol. The molecule has 0 aliphatic rings. The third-order valence-corrected chi connectivity index (χ3v) is 6.27. The Labute approximate surface area is 155 Å². The number of urea groups is 1. The molecule has 0 bridgehead atoms. The van der Waals surface area contributed by atoms with E-state index in [1.54, 1.807) is 45.0 Å². The van der Waals surface area contributed by atoms with Crippen molar-refractivity contribution in [3.63, 3.8) is 0 Å². The van der Waals surface area contributed by atoms with Gasteiger partial charge in [-0.3, -0.25) is 10.1 Å². The summed E-state index contributed by atoms with van der Waals surface area (Å²) in [6.45, 7) is 8.06. The van der Waals surface area contributed by atoms with Gasteiger partial charge in [-0.15, -0.1) is 0 Å². The zero-order chi connectivity index (χ0) is 19.9. The fourth-order valence-electron chi connectivity index (χ4n) is 2.58. The lowest BCUT2D eigenvalue weighted by atomic mass is 10.1. The van der Waals surface area contributed by atoms with E-state index in [1.807, 2.05) is 12.2 Å². The minimum Gasteiger partial charge on any atom is -0.341 e. The second kappa shape index (κ2) is 9.65. The van der Waals surface area contributed by atoms with Crippen LogP contribution in [-0.4, -0.2) is 50.8 Å². The van der Waals surface area contributed by atoms with E-state index >= 15 is 0 Å². The molecule has 1 aromatic carbocycles. The van der Waals surface area contributed by atoms with E-state index < -0.39 is 28.0 Å². The number of imide groups is 1. The van der Waals surface area contributed by atoms with E-state index in [-0.39, 0.29) is 10.9 Å². The molecule has 0 spiro atoms. The van der Waals surface area contributed by atoms with Crippen molar-refractivity contribution in [2.45, 2.75) is 44.7 Å². The summed E-state index contributed by atoms with van der Waals surface area (Å²) in [5.41, 5.74) is 0.892. The number of rotatable bonds is 8. The molecule has 26 heavy (non-hydrogen) atoms. The minimum absolute atomic E-state index is 0.0781. The van der Waals surface area contributed by atoms with E-state index in [2.05, 4.69) is 10.6 Å². The quantitative estimate of drug-likeness (QED) is 0.593. The predicted octanol–water partition coefficient (Wildman–Crippen LogP) is 0.186. The lowest BCUT2D eigenvalue weighted by Crippen LogP contribution is -2.92. The van der Waals surface area contributed by atoms with Gasteiger partial charge in [0.25, 0.3) is 5.91 Å². The number of sulfonamides is 1. The number of carbonyl (C=O) groups excluding carboxylic acids is 2. The maximum absolute atomic E-state index is 12.5. The third kappa shape index (κ3) is 5.52. The van der Waals surface area contributed by atoms with Crippen LogP contribution in [0.2, 0.25) is 0 Å². The molecule has 146 valence electrons. The normalized spacial score (nSPS) is 13.9. The average Bonchev–Trinajstić information content (AvgIpc) is 2.62. The van der Waals surface area contributed by atoms with Gasteiger partial charge in [0.1, 0.15) is 6.04 Å². The molecule has 2 atom stereocenters. The van der Waals surface area contributed by atoms with Crippen molar-refractivity contribution < 1.29 is 23.3 Å². The maximum Gasteiger partial charge on any atom is 0.321 e. The van der Waals surface area contributed by atoms with Crippen molar-refractivity contribution >= 4 is 22.0 Å². The van der Waals surface area contributed by atoms with Gasteiger partial charge in [0, 0.05) is 25.7 Å². The molecular formula is C17H29N4O4S+. The zero-order valence-corrected chi connectivity index (χ0v) is 16.8. The minimum atomic E-state index is -3.48. The van der Waals surface area contributed by atoms with Crippen LogP contribution in [0.3, 0.4) is 0 Å². The number of nitrogens with zero attached hydrogens (tertiary/aromatic N) is 1. The fourth-order valence-corrected chi connectivity index (χ4v) is 4.03. The molecule has 0 unspecified atom stereocenters. The van der Waals surface area contributed by atoms with Gasteiger partial charge in [-0.05, 0) is 26.0 Å². The highest BCUT2D eigenvalue weighted by atomic mass is 32.2. The molecule has 1 aromatic rings. The Morgan fingerprint density at radius 2 is 1.65 bits per heavy atom. The molecule has 0 saturated heterocycles. The van der Waals surface area contributed by atoms with Crippen molar-refractivity contribution in [3.8, 4) is 0 Å². The van der Waals surface area contributed by atoms with Crippen LogP contribution in [-0.2, 0) is 14.8 Å². The van der Waals surface area contributed by atoms with Gasteiger partial charge in [0.2, 0.25) is 10.0 Å². The van der Waals surface area contributed by atoms with Crippen LogP contribution in [0.4, 0.5) is 4.79 Å². The lowest BCUT2D eigenvalue weighted by molar-refractivity contribution is -0.710. The number of hydrogen-bond acceptors (Lipinski definition) is 4. The molecule has 0 aliphatic heterocycles. The number of nitrogens with two attached hydrogens (primary N) is 1. The van der Waals surface area contributed by atoms with Crippen LogP contribution >= 0.6 is 0 Å². The van der Waals surface area contributed by atoms with E-state index in [4.69, 9.17) is 0 Å². The van der Waals surface area contributed by atoms with Crippen LogP contribution in [0, 0.1) is 0 Å². The summed E-state index contributed by atoms with van der Waals surface area (Å²) in [6, 6.07) is 5.58. The van der Waals surface area contributed by atoms with Crippen molar-refractivity contribution in [3.05, 3.63) is 29.8 Å². The van der Waals surface area contributed by atoms with Crippen LogP contribution in [0.5, 0.6) is 0 Å². The van der Waals surface area contributed by atoms with Gasteiger partial charge in [-0.1, -0.05) is 26.0 Å². The topological polar surface area (TPSA) is 112 Å². The Morgan fingerprint density at radius 1 is 1.12 bits per heavy atom. The van der Waals surface area contributed by atoms with E-state index in [0.29, 0.717) is 13.1 Å². The predicted molar refractivity (Wildman–Crippen MR) is 98.9 cm³/mol. The number of carbonyl (C=O) groups is 2. The van der Waals surface area contributed by atoms with Gasteiger partial charge in [0.05, 0.1) is 4.90 Å². The first kappa shape index (κ1) is 22.1. The summed E-state index contributed by atoms with van der Waals surface area (Å²) in [5, 5.41) is 6.38. The fraction of sp³-hybridized carbons (Fsp3) is 0.529. The first-order valence-electron chi connectivity index (χ1n) is 8.65. The Bertz CT molecular complexity index is 715. The van der Waals surface area contributed by atoms with Crippen molar-refractivity contribution in [2.24, 2.45) is 0 Å². The highest BCUT2D eigenvalue weighted by Gasteiger charge is 2.24. The standard InChI is InChI=1S/C17H28N4O4S/c1-6-21(7-2)26(24,25)15-10-8-14(9-11-15)12(3)19-13(4)16(22)20-17(23)18-5/h8-13,19H,6-7H2,1-5H3,(H2,18,20,22,23)/p+1/t12-,13+/m1/s1. The SMILES string of the molecule is CCN(CC)S(=O)(=O)c1ccc([C@@H](C)[NH2+][C@@H](C)C(=O)NC(=O)NC)cc1. The first-order valence-corrected chi connectivity index (χ1v) is 10.1. The number of amides is 3. The molecule has 0 saturated carbocycles. The van der Waals surface area contributed by atoms with Gasteiger partial charge in [-0.2, -0.15) is 4.31 Å². The van der Waals surface area contributed by atoms with E-state index in [1.165, 1.54) is 11.4 Å². The highest BCUT2D eigenvalue weighted by Crippen LogP contribution is 2.18. The van der Waals surface area contributed by atoms with Crippen molar-refractivity contribution in [1.29, 1.82) is 0 Å². The van der Waals surface area contributed by atoms with Gasteiger partial charge < -0.3 is 10.6 Å². The second-order valence-corrected chi connectivity index (χ2v) is 7.93. The van der Waals surface area contributed by atoms with E-state index in [9.17, 15) is 18.0 Å². The molecule has 0 fully saturated rings. The zero-order valence-electron chi connectivity index (χ0n) is 15.9. The first-order chi connectivity index (χ1) is 12.2. The molecule has 4 N–H and O–H groups in total. The molecule has 1 rings (SSSR count). The Kier molecular flexibility index (Phi) is 8.19. The van der Waals surface area contributed by atoms with Crippen molar-refractivity contribution in [2.75, 3.05) is 20.1 Å². The summed E-state index contributed by atoms with van der Waals surface area (Å²) < 4.78 is 26.4. The highest BCUT2D eigenvalue weighted by molar-refractivity contribution is 7.89. The summed E-state index contributed by atoms with van der Waals surface area (Å²) in [6.07, 6.45) is 0. The molecule has 0 heterocycles. The Balaban J connectivity index is 2.82. The maximum atomic E-state index is 12.5. The molecule has 3 amide bonds. The molecule has 0 aromatic heterocycles. The largest absolute Gasteiger partial charge is 0.341 e. The molecule has 9 heteroatoms. The van der Waals surface area contributed by atoms with Crippen LogP contribution < -0.4 is 16.0 Å². The number of hydrogen-bond donors (Lipinski definition) is 3. The molecular weight excluding hydrogens is 356 g/mol. The van der Waals surface area contributed by atoms with Crippen LogP contribution in [0.1, 0.15) is 39.3 Å². The molecule has 0 aliphatic carbocycles. The van der Waals surface area contributed by atoms with Gasteiger partial charge in [0.15, 0.2) is 6.04 Å². The second-order valence-electron chi connectivity index (χ2n) is 6.00. The average molecular weight is 386 g/mol. The number of benzene rings is 1. The van der Waals surface area contributed by atoms with Crippen molar-refractivity contribution in [1.82, 2.24) is 14.9 Å². The van der Waals surface area contributed by atoms with Crippen LogP contribution in [0.25, 0.3) is 0 Å². The van der Waals surface area contributed by atoms with Crippen LogP contribution in [0.15, 0.2) is 29.2 Å². The van der Waals surface area contributed by atoms with E-state index in [0.717, 1.165) is 5.56 Å². The summed E-state index contributed by atoms with van der Waals surface area (Å²) in [5.74, 6) is -0.392. The Morgan fingerprint density at radius 3 is 2.12 bits per heavy atom. The lowest BCUT2D eigenvalue weighted by Gasteiger charge is -2.19. The summed E-state index contributed by atoms with van der Waals surface area (Å²) in [7, 11) is -2.04. The molecule has 0 radical (unpaired) electrons. The molecule has 8 nitrogen and oxygen atoms in total. The van der Waals surface area contributed by atoms with Gasteiger partial charge >= 0.3 is 6.03 Å². The summed E-state index contributed by atoms with van der Waals surface area (Å²) in [4.78, 5) is 23.4. The smallest absolute Gasteiger partial charge is 0.321 e. The number of quaternary nitrogens is 1.